The van der Waals surface area contributed by atoms with E-state index in [2.05, 4.69) is 0 Å². The van der Waals surface area contributed by atoms with Crippen molar-refractivity contribution in [3.63, 3.8) is 0 Å². The van der Waals surface area contributed by atoms with Crippen LogP contribution in [0.3, 0.4) is 0 Å². The van der Waals surface area contributed by atoms with Gasteiger partial charge in [0.1, 0.15) is 0 Å². The summed E-state index contributed by atoms with van der Waals surface area (Å²) in [5.41, 5.74) is -7.09. The summed E-state index contributed by atoms with van der Waals surface area (Å²) in [7, 11) is 0. The van der Waals surface area contributed by atoms with E-state index < -0.39 is 76.3 Å². The van der Waals surface area contributed by atoms with Gasteiger partial charge >= 0.3 is 58.4 Å². The number of halogens is 23. The second-order valence-corrected chi connectivity index (χ2v) is 7.27. The number of alkyl halides is 23. The molecule has 212 valence electrons. The summed E-state index contributed by atoms with van der Waals surface area (Å²) in [5.74, 6) is -53.5. The molecule has 0 saturated heterocycles. The number of thioether (sulfide) groups is 1. The van der Waals surface area contributed by atoms with Crippen molar-refractivity contribution < 1.29 is 101 Å². The first kappa shape index (κ1) is 33.7. The van der Waals surface area contributed by atoms with Crippen molar-refractivity contribution >= 4 is 11.8 Å². The van der Waals surface area contributed by atoms with Crippen LogP contribution in [0.1, 0.15) is 0 Å². The van der Waals surface area contributed by atoms with Crippen LogP contribution < -0.4 is 0 Å². The Hall–Kier alpha value is -1.26. The summed E-state index contributed by atoms with van der Waals surface area (Å²) >= 11 is -3.95. The maximum absolute atomic E-state index is 13.6. The van der Waals surface area contributed by atoms with Gasteiger partial charge < -0.3 is 0 Å². The van der Waals surface area contributed by atoms with Crippen LogP contribution in [0, 0.1) is 0 Å². The molecular formula is C11HF23S. The molecule has 0 aromatic rings. The van der Waals surface area contributed by atoms with Crippen LogP contribution in [0.4, 0.5) is 101 Å². The van der Waals surface area contributed by atoms with Crippen LogP contribution >= 0.6 is 11.8 Å². The summed E-state index contributed by atoms with van der Waals surface area (Å²) in [6, 6.07) is 0. The molecule has 35 heavy (non-hydrogen) atoms. The van der Waals surface area contributed by atoms with E-state index in [1.54, 1.807) is 0 Å². The standard InChI is InChI=1S/C11HF23S/c12-1(3(15,16)17)2(13,14)4(18,19)5(20,21)6(22,23)7(24,25)8(26,27)9(28,10(29,30)31)35-11(32,33)34/h1H. The molecule has 0 bridgehead atoms. The van der Waals surface area contributed by atoms with Crippen LogP contribution in [0.15, 0.2) is 0 Å². The third-order valence-corrected chi connectivity index (χ3v) is 4.63. The van der Waals surface area contributed by atoms with Crippen LogP contribution in [0.2, 0.25) is 0 Å². The van der Waals surface area contributed by atoms with Crippen molar-refractivity contribution in [2.24, 2.45) is 0 Å². The van der Waals surface area contributed by atoms with Crippen LogP contribution in [0.25, 0.3) is 0 Å². The summed E-state index contributed by atoms with van der Waals surface area (Å²) in [5, 5.41) is -8.13. The molecule has 0 aromatic carbocycles. The topological polar surface area (TPSA) is 0 Å². The van der Waals surface area contributed by atoms with Gasteiger partial charge in [-0.25, -0.2) is 8.78 Å². The largest absolute Gasteiger partial charge is 0.445 e. The van der Waals surface area contributed by atoms with Crippen molar-refractivity contribution in [1.29, 1.82) is 0 Å². The van der Waals surface area contributed by atoms with E-state index in [9.17, 15) is 101 Å². The molecule has 0 N–H and O–H groups in total. The van der Waals surface area contributed by atoms with Gasteiger partial charge in [-0.3, -0.25) is 0 Å². The molecular weight excluding hydrogens is 601 g/mol. The van der Waals surface area contributed by atoms with E-state index in [4.69, 9.17) is 0 Å². The highest BCUT2D eigenvalue weighted by molar-refractivity contribution is 8.01. The highest BCUT2D eigenvalue weighted by Crippen LogP contribution is 2.67. The smallest absolute Gasteiger partial charge is 0.230 e. The number of hydrogen-bond acceptors (Lipinski definition) is 1. The molecule has 2 atom stereocenters. The summed E-state index contributed by atoms with van der Waals surface area (Å²) in [6.45, 7) is 0. The average Bonchev–Trinajstić information content (AvgIpc) is 2.56. The van der Waals surface area contributed by atoms with Crippen molar-refractivity contribution in [2.45, 2.75) is 64.6 Å². The highest BCUT2D eigenvalue weighted by atomic mass is 32.2. The van der Waals surface area contributed by atoms with E-state index in [1.165, 1.54) is 0 Å². The van der Waals surface area contributed by atoms with Gasteiger partial charge in [0.25, 0.3) is 6.17 Å². The Bertz CT molecular complexity index is 753. The fraction of sp³-hybridized carbons (Fsp3) is 1.00. The summed E-state index contributed by atoms with van der Waals surface area (Å²) in [6.07, 6.45) is -22.1. The lowest BCUT2D eigenvalue weighted by molar-refractivity contribution is -0.446. The Morgan fingerprint density at radius 1 is 0.400 bits per heavy atom. The van der Waals surface area contributed by atoms with Gasteiger partial charge in [0.15, 0.2) is 0 Å². The van der Waals surface area contributed by atoms with Gasteiger partial charge in [-0.1, -0.05) is 0 Å². The molecule has 0 aliphatic carbocycles. The minimum atomic E-state index is -9.23. The first-order valence-corrected chi connectivity index (χ1v) is 7.93. The molecule has 0 saturated carbocycles. The molecule has 0 nitrogen and oxygen atoms in total. The molecule has 0 aliphatic heterocycles. The van der Waals surface area contributed by atoms with Crippen molar-refractivity contribution in [2.75, 3.05) is 0 Å². The maximum atomic E-state index is 13.6. The van der Waals surface area contributed by atoms with Crippen LogP contribution in [-0.2, 0) is 0 Å². The third-order valence-electron chi connectivity index (χ3n) is 3.63. The van der Waals surface area contributed by atoms with Gasteiger partial charge in [-0.15, -0.1) is 0 Å². The Morgan fingerprint density at radius 3 is 0.943 bits per heavy atom. The van der Waals surface area contributed by atoms with Gasteiger partial charge in [0.05, 0.1) is 0 Å². The normalized spacial score (nSPS) is 18.9. The van der Waals surface area contributed by atoms with Gasteiger partial charge in [0.2, 0.25) is 0 Å². The maximum Gasteiger partial charge on any atom is 0.445 e. The Labute approximate surface area is 178 Å². The minimum absolute atomic E-state index is 3.95. The predicted molar refractivity (Wildman–Crippen MR) is 64.2 cm³/mol. The molecule has 0 aromatic heterocycles. The molecule has 0 fully saturated rings. The quantitative estimate of drug-likeness (QED) is 0.253. The molecule has 0 radical (unpaired) electrons. The molecule has 0 heterocycles. The Kier molecular flexibility index (Phi) is 8.08. The van der Waals surface area contributed by atoms with E-state index in [-0.39, 0.29) is 0 Å². The van der Waals surface area contributed by atoms with Crippen LogP contribution in [0.5, 0.6) is 0 Å². The van der Waals surface area contributed by atoms with Crippen molar-refractivity contribution in [3.05, 3.63) is 0 Å². The van der Waals surface area contributed by atoms with E-state index in [0.29, 0.717) is 0 Å². The SMILES string of the molecule is FC(C(F)(F)F)C(F)(F)C(F)(F)C(F)(F)C(F)(F)C(F)(F)C(F)(F)C(F)(SC(F)(F)F)C(F)(F)F. The van der Waals surface area contributed by atoms with Crippen molar-refractivity contribution in [3.8, 4) is 0 Å². The molecule has 0 rings (SSSR count). The molecule has 0 aliphatic rings. The van der Waals surface area contributed by atoms with Crippen molar-refractivity contribution in [1.82, 2.24) is 0 Å². The van der Waals surface area contributed by atoms with Gasteiger partial charge in [-0.2, -0.15) is 92.2 Å². The zero-order valence-electron chi connectivity index (χ0n) is 14.7. The first-order valence-electron chi connectivity index (χ1n) is 7.11. The lowest BCUT2D eigenvalue weighted by Gasteiger charge is -2.44. The fourth-order valence-electron chi connectivity index (χ4n) is 1.83. The number of rotatable bonds is 8. The lowest BCUT2D eigenvalue weighted by atomic mass is 9.88. The zero-order chi connectivity index (χ0) is 29.3. The first-order chi connectivity index (χ1) is 14.6. The fourth-order valence-corrected chi connectivity index (χ4v) is 2.52. The average molecular weight is 602 g/mol. The Balaban J connectivity index is 7.13. The van der Waals surface area contributed by atoms with Crippen LogP contribution in [-0.4, -0.2) is 64.6 Å². The van der Waals surface area contributed by atoms with E-state index in [1.807, 2.05) is 0 Å². The zero-order valence-corrected chi connectivity index (χ0v) is 15.5. The Morgan fingerprint density at radius 2 is 0.686 bits per heavy atom. The lowest BCUT2D eigenvalue weighted by Crippen LogP contribution is -2.75. The summed E-state index contributed by atoms with van der Waals surface area (Å²) < 4.78 is 294. The van der Waals surface area contributed by atoms with E-state index >= 15 is 0 Å². The number of hydrogen-bond donors (Lipinski definition) is 0. The molecule has 0 spiro atoms. The van der Waals surface area contributed by atoms with E-state index in [0.717, 1.165) is 0 Å². The monoisotopic (exact) mass is 602 g/mol. The van der Waals surface area contributed by atoms with Gasteiger partial charge in [0, 0.05) is 11.8 Å². The second-order valence-electron chi connectivity index (χ2n) is 6.04. The molecule has 2 unspecified atom stereocenters. The van der Waals surface area contributed by atoms with Gasteiger partial charge in [-0.05, 0) is 0 Å². The second kappa shape index (κ2) is 8.38. The molecule has 24 heteroatoms. The predicted octanol–water partition coefficient (Wildman–Crippen LogP) is 8.18. The summed E-state index contributed by atoms with van der Waals surface area (Å²) in [4.78, 5) is 0. The third kappa shape index (κ3) is 4.87. The minimum Gasteiger partial charge on any atom is -0.230 e. The highest BCUT2D eigenvalue weighted by Gasteiger charge is 2.96. The molecule has 0 amide bonds.